The number of hydrogen-bond acceptors (Lipinski definition) is 4. The maximum atomic E-state index is 10.9. The number of nitro benzene ring substituents is 1. The van der Waals surface area contributed by atoms with Gasteiger partial charge in [0.15, 0.2) is 0 Å². The number of benzene rings is 2. The molecule has 112 valence electrons. The summed E-state index contributed by atoms with van der Waals surface area (Å²) in [6, 6.07) is 11.1. The summed E-state index contributed by atoms with van der Waals surface area (Å²) in [6.07, 6.45) is 2.66. The molecule has 3 rings (SSSR count). The highest BCUT2D eigenvalue weighted by molar-refractivity contribution is 9.11. The summed E-state index contributed by atoms with van der Waals surface area (Å²) >= 11 is 4.76. The average molecular weight is 378 g/mol. The molecule has 0 radical (unpaired) electrons. The van der Waals surface area contributed by atoms with Crippen LogP contribution in [-0.4, -0.2) is 11.5 Å². The van der Waals surface area contributed by atoms with E-state index in [4.69, 9.17) is 4.74 Å². The second-order valence-electron chi connectivity index (χ2n) is 4.77. The molecule has 2 aromatic carbocycles. The van der Waals surface area contributed by atoms with Gasteiger partial charge in [-0.15, -0.1) is 0 Å². The molecule has 0 fully saturated rings. The van der Waals surface area contributed by atoms with Crippen molar-refractivity contribution in [2.75, 3.05) is 6.61 Å². The van der Waals surface area contributed by atoms with Gasteiger partial charge in [-0.05, 0) is 40.7 Å². The van der Waals surface area contributed by atoms with E-state index >= 15 is 0 Å². The van der Waals surface area contributed by atoms with Crippen LogP contribution in [0.2, 0.25) is 0 Å². The lowest BCUT2D eigenvalue weighted by Crippen LogP contribution is -2.01. The molecule has 0 spiro atoms. The second kappa shape index (κ2) is 6.54. The zero-order valence-electron chi connectivity index (χ0n) is 11.5. The molecule has 0 amide bonds. The third-order valence-corrected chi connectivity index (χ3v) is 4.91. The van der Waals surface area contributed by atoms with Crippen molar-refractivity contribution in [2.45, 2.75) is 16.2 Å². The van der Waals surface area contributed by atoms with Gasteiger partial charge in [-0.25, -0.2) is 0 Å². The molecule has 0 aliphatic carbocycles. The molecule has 1 aliphatic heterocycles. The monoisotopic (exact) mass is 377 g/mol. The van der Waals surface area contributed by atoms with Gasteiger partial charge < -0.3 is 4.74 Å². The maximum Gasteiger partial charge on any atom is 0.270 e. The van der Waals surface area contributed by atoms with Gasteiger partial charge in [-0.3, -0.25) is 10.1 Å². The molecule has 0 bridgehead atoms. The lowest BCUT2D eigenvalue weighted by molar-refractivity contribution is -0.385. The van der Waals surface area contributed by atoms with Gasteiger partial charge in [0.25, 0.3) is 5.69 Å². The number of nitro groups is 1. The van der Waals surface area contributed by atoms with Crippen LogP contribution in [0.5, 0.6) is 5.75 Å². The Bertz CT molecular complexity index is 761. The van der Waals surface area contributed by atoms with Gasteiger partial charge in [0, 0.05) is 21.9 Å². The molecule has 6 heteroatoms. The zero-order valence-corrected chi connectivity index (χ0v) is 13.9. The fourth-order valence-corrected chi connectivity index (χ4v) is 3.55. The van der Waals surface area contributed by atoms with Crippen LogP contribution in [0.3, 0.4) is 0 Å². The molecule has 2 aromatic rings. The number of rotatable bonds is 4. The first kappa shape index (κ1) is 15.1. The van der Waals surface area contributed by atoms with Gasteiger partial charge in [0.1, 0.15) is 12.4 Å². The minimum absolute atomic E-state index is 0.129. The maximum absolute atomic E-state index is 10.9. The van der Waals surface area contributed by atoms with Gasteiger partial charge in [0.05, 0.1) is 4.92 Å². The smallest absolute Gasteiger partial charge is 0.270 e. The lowest BCUT2D eigenvalue weighted by Gasteiger charge is -2.19. The number of ether oxygens (including phenoxy) is 1. The standard InChI is InChI=1S/C16H12BrNO3S/c17-6-1-7-21-14-5-3-12-8-11-2-4-13(18(19)20)9-15(11)22-16(12)10-14/h1-6,9-10H,7-8H2/b6-1-. The van der Waals surface area contributed by atoms with Crippen molar-refractivity contribution in [3.05, 3.63) is 68.7 Å². The van der Waals surface area contributed by atoms with Crippen molar-refractivity contribution in [3.63, 3.8) is 0 Å². The summed E-state index contributed by atoms with van der Waals surface area (Å²) in [5.41, 5.74) is 2.47. The quantitative estimate of drug-likeness (QED) is 0.477. The summed E-state index contributed by atoms with van der Waals surface area (Å²) in [6.45, 7) is 0.497. The fourth-order valence-electron chi connectivity index (χ4n) is 2.27. The van der Waals surface area contributed by atoms with Crippen LogP contribution in [0.15, 0.2) is 57.3 Å². The Morgan fingerprint density at radius 3 is 2.68 bits per heavy atom. The molecule has 0 aromatic heterocycles. The molecule has 0 atom stereocenters. The first-order valence-corrected chi connectivity index (χ1v) is 8.36. The van der Waals surface area contributed by atoms with Gasteiger partial charge in [0.2, 0.25) is 0 Å². The normalized spacial score (nSPS) is 12.8. The highest BCUT2D eigenvalue weighted by Gasteiger charge is 2.19. The molecular weight excluding hydrogens is 366 g/mol. The SMILES string of the molecule is O=[N+]([O-])c1ccc2c(c1)Sc1cc(OC/C=C\Br)ccc1C2. The summed E-state index contributed by atoms with van der Waals surface area (Å²) in [4.78, 5) is 14.3. The van der Waals surface area contributed by atoms with Crippen molar-refractivity contribution in [1.29, 1.82) is 0 Å². The van der Waals surface area contributed by atoms with Crippen LogP contribution in [0.25, 0.3) is 0 Å². The van der Waals surface area contributed by atoms with Crippen molar-refractivity contribution < 1.29 is 9.66 Å². The number of hydrogen-bond donors (Lipinski definition) is 0. The molecule has 0 saturated heterocycles. The Kier molecular flexibility index (Phi) is 4.49. The summed E-state index contributed by atoms with van der Waals surface area (Å²) in [7, 11) is 0. The summed E-state index contributed by atoms with van der Waals surface area (Å²) in [5.74, 6) is 0.797. The van der Waals surface area contributed by atoms with E-state index in [0.717, 1.165) is 27.5 Å². The number of fused-ring (bicyclic) bond motifs is 2. The van der Waals surface area contributed by atoms with E-state index in [9.17, 15) is 10.1 Å². The Morgan fingerprint density at radius 2 is 1.95 bits per heavy atom. The number of nitrogens with zero attached hydrogens (tertiary/aromatic N) is 1. The molecule has 0 N–H and O–H groups in total. The largest absolute Gasteiger partial charge is 0.489 e. The van der Waals surface area contributed by atoms with E-state index < -0.39 is 0 Å². The molecule has 4 nitrogen and oxygen atoms in total. The molecule has 0 unspecified atom stereocenters. The van der Waals surface area contributed by atoms with Crippen molar-refractivity contribution in [1.82, 2.24) is 0 Å². The third kappa shape index (κ3) is 3.18. The van der Waals surface area contributed by atoms with Crippen LogP contribution < -0.4 is 4.74 Å². The summed E-state index contributed by atoms with van der Waals surface area (Å²) in [5, 5.41) is 10.9. The Balaban J connectivity index is 1.86. The van der Waals surface area contributed by atoms with Crippen LogP contribution in [0.1, 0.15) is 11.1 Å². The van der Waals surface area contributed by atoms with E-state index in [1.807, 2.05) is 24.3 Å². The predicted octanol–water partition coefficient (Wildman–Crippen LogP) is 4.94. The topological polar surface area (TPSA) is 52.4 Å². The fraction of sp³-hybridized carbons (Fsp3) is 0.125. The minimum Gasteiger partial charge on any atom is -0.489 e. The van der Waals surface area contributed by atoms with Gasteiger partial charge >= 0.3 is 0 Å². The van der Waals surface area contributed by atoms with Crippen molar-refractivity contribution >= 4 is 33.4 Å². The van der Waals surface area contributed by atoms with Crippen LogP contribution in [0, 0.1) is 10.1 Å². The van der Waals surface area contributed by atoms with Crippen LogP contribution in [0.4, 0.5) is 5.69 Å². The predicted molar refractivity (Wildman–Crippen MR) is 90.0 cm³/mol. The summed E-state index contributed by atoms with van der Waals surface area (Å²) < 4.78 is 5.62. The molecule has 1 aliphatic rings. The number of halogens is 1. The van der Waals surface area contributed by atoms with E-state index in [-0.39, 0.29) is 10.6 Å². The zero-order chi connectivity index (χ0) is 15.5. The first-order chi connectivity index (χ1) is 10.7. The number of non-ortho nitro benzene ring substituents is 1. The highest BCUT2D eigenvalue weighted by atomic mass is 79.9. The molecule has 22 heavy (non-hydrogen) atoms. The van der Waals surface area contributed by atoms with E-state index in [2.05, 4.69) is 22.0 Å². The lowest BCUT2D eigenvalue weighted by atomic mass is 10.0. The van der Waals surface area contributed by atoms with Crippen LogP contribution >= 0.6 is 27.7 Å². The van der Waals surface area contributed by atoms with E-state index in [0.29, 0.717) is 6.61 Å². The first-order valence-electron chi connectivity index (χ1n) is 6.63. The van der Waals surface area contributed by atoms with Gasteiger partial charge in [-0.2, -0.15) is 0 Å². The Hall–Kier alpha value is -1.79. The van der Waals surface area contributed by atoms with Crippen molar-refractivity contribution in [3.8, 4) is 5.75 Å². The van der Waals surface area contributed by atoms with E-state index in [1.165, 1.54) is 5.56 Å². The Labute approximate surface area is 140 Å². The molecular formula is C16H12BrNO3S. The Morgan fingerprint density at radius 1 is 1.23 bits per heavy atom. The average Bonchev–Trinajstić information content (AvgIpc) is 2.52. The molecule has 1 heterocycles. The third-order valence-electron chi connectivity index (χ3n) is 3.34. The van der Waals surface area contributed by atoms with Gasteiger partial charge in [-0.1, -0.05) is 39.8 Å². The van der Waals surface area contributed by atoms with E-state index in [1.54, 1.807) is 28.9 Å². The highest BCUT2D eigenvalue weighted by Crippen LogP contribution is 2.42. The second-order valence-corrected chi connectivity index (χ2v) is 6.38. The molecule has 0 saturated carbocycles. The van der Waals surface area contributed by atoms with Crippen LogP contribution in [-0.2, 0) is 6.42 Å². The van der Waals surface area contributed by atoms with Crippen molar-refractivity contribution in [2.24, 2.45) is 0 Å². The minimum atomic E-state index is -0.359.